The maximum absolute atomic E-state index is 12.3. The summed E-state index contributed by atoms with van der Waals surface area (Å²) in [5.41, 5.74) is 0.193. The van der Waals surface area contributed by atoms with Crippen molar-refractivity contribution >= 4 is 10.0 Å². The van der Waals surface area contributed by atoms with Gasteiger partial charge in [0.2, 0.25) is 10.0 Å². The van der Waals surface area contributed by atoms with Crippen LogP contribution in [0.25, 0.3) is 0 Å². The van der Waals surface area contributed by atoms with Crippen molar-refractivity contribution < 1.29 is 18.3 Å². The zero-order valence-corrected chi connectivity index (χ0v) is 12.7. The van der Waals surface area contributed by atoms with E-state index in [0.29, 0.717) is 5.56 Å². The van der Waals surface area contributed by atoms with Crippen molar-refractivity contribution in [2.75, 3.05) is 20.3 Å². The maximum atomic E-state index is 12.3. The fourth-order valence-corrected chi connectivity index (χ4v) is 3.38. The lowest BCUT2D eigenvalue weighted by molar-refractivity contribution is -0.0659. The lowest BCUT2D eigenvalue weighted by Gasteiger charge is -2.40. The molecule has 0 bridgehead atoms. The number of nitrogens with one attached hydrogen (secondary N) is 1. The molecule has 0 radical (unpaired) electrons. The van der Waals surface area contributed by atoms with Gasteiger partial charge in [-0.25, -0.2) is 13.1 Å². The van der Waals surface area contributed by atoms with Crippen molar-refractivity contribution in [2.45, 2.75) is 29.8 Å². The molecule has 6 heteroatoms. The lowest BCUT2D eigenvalue weighted by atomic mass is 9.80. The van der Waals surface area contributed by atoms with Crippen LogP contribution >= 0.6 is 0 Å². The van der Waals surface area contributed by atoms with Crippen LogP contribution in [0, 0.1) is 11.8 Å². The average Bonchev–Trinajstić information content (AvgIpc) is 2.45. The van der Waals surface area contributed by atoms with Gasteiger partial charge in [0.25, 0.3) is 0 Å². The Balaban J connectivity index is 2.12. The zero-order chi connectivity index (χ0) is 15.3. The molecule has 0 heterocycles. The normalized spacial score (nSPS) is 16.7. The van der Waals surface area contributed by atoms with E-state index in [1.807, 2.05) is 0 Å². The van der Waals surface area contributed by atoms with Crippen molar-refractivity contribution in [3.63, 3.8) is 0 Å². The van der Waals surface area contributed by atoms with Crippen molar-refractivity contribution in [3.8, 4) is 11.8 Å². The fourth-order valence-electron chi connectivity index (χ4n) is 2.22. The molecule has 1 aromatic rings. The Hall–Kier alpha value is -1.39. The summed E-state index contributed by atoms with van der Waals surface area (Å²) in [7, 11) is -1.98. The Morgan fingerprint density at radius 2 is 2.19 bits per heavy atom. The first-order chi connectivity index (χ1) is 10.0. The van der Waals surface area contributed by atoms with E-state index in [4.69, 9.17) is 9.84 Å². The molecule has 21 heavy (non-hydrogen) atoms. The minimum Gasteiger partial charge on any atom is -0.384 e. The highest BCUT2D eigenvalue weighted by atomic mass is 32.2. The third-order valence-electron chi connectivity index (χ3n) is 3.74. The van der Waals surface area contributed by atoms with Crippen molar-refractivity contribution in [1.82, 2.24) is 4.72 Å². The summed E-state index contributed by atoms with van der Waals surface area (Å²) in [5.74, 6) is 5.19. The van der Waals surface area contributed by atoms with Gasteiger partial charge in [0.15, 0.2) is 0 Å². The molecule has 1 aliphatic rings. The quantitative estimate of drug-likeness (QED) is 0.792. The van der Waals surface area contributed by atoms with Crippen LogP contribution < -0.4 is 4.72 Å². The zero-order valence-electron chi connectivity index (χ0n) is 11.9. The molecule has 1 saturated carbocycles. The van der Waals surface area contributed by atoms with Gasteiger partial charge in [0.1, 0.15) is 6.61 Å². The Kier molecular flexibility index (Phi) is 5.01. The van der Waals surface area contributed by atoms with Gasteiger partial charge < -0.3 is 9.84 Å². The van der Waals surface area contributed by atoms with E-state index >= 15 is 0 Å². The minimum absolute atomic E-state index is 0.165. The van der Waals surface area contributed by atoms with Crippen molar-refractivity contribution in [1.29, 1.82) is 0 Å². The van der Waals surface area contributed by atoms with Crippen LogP contribution in [-0.4, -0.2) is 39.4 Å². The van der Waals surface area contributed by atoms with Gasteiger partial charge >= 0.3 is 0 Å². The molecule has 1 fully saturated rings. The molecule has 114 valence electrons. The van der Waals surface area contributed by atoms with Crippen LogP contribution in [0.2, 0.25) is 0 Å². The Morgan fingerprint density at radius 3 is 2.76 bits per heavy atom. The summed E-state index contributed by atoms with van der Waals surface area (Å²) in [6.45, 7) is 0.0178. The second-order valence-electron chi connectivity index (χ2n) is 5.05. The van der Waals surface area contributed by atoms with E-state index in [0.717, 1.165) is 19.3 Å². The number of hydrogen-bond acceptors (Lipinski definition) is 4. The van der Waals surface area contributed by atoms with Gasteiger partial charge in [-0.3, -0.25) is 0 Å². The molecule has 0 aromatic heterocycles. The number of hydrogen-bond donors (Lipinski definition) is 2. The molecule has 5 nitrogen and oxygen atoms in total. The van der Waals surface area contributed by atoms with Crippen LogP contribution in [0.4, 0.5) is 0 Å². The first kappa shape index (κ1) is 16.0. The van der Waals surface area contributed by atoms with Gasteiger partial charge in [0.05, 0.1) is 10.5 Å². The SMILES string of the molecule is COC1(CNS(=O)(=O)c2cccc(C#CCO)c2)CCC1. The summed E-state index contributed by atoms with van der Waals surface area (Å²) in [4.78, 5) is 0.165. The molecule has 1 aliphatic carbocycles. The molecule has 2 N–H and O–H groups in total. The summed E-state index contributed by atoms with van der Waals surface area (Å²) in [6, 6.07) is 6.34. The number of aliphatic hydroxyl groups excluding tert-OH is 1. The monoisotopic (exact) mass is 309 g/mol. The van der Waals surface area contributed by atoms with E-state index in [2.05, 4.69) is 16.6 Å². The molecule has 0 atom stereocenters. The molecule has 0 amide bonds. The molecule has 0 unspecified atom stereocenters. The first-order valence-corrected chi connectivity index (χ1v) is 8.24. The standard InChI is InChI=1S/C15H19NO4S/c1-20-15(8-4-9-15)12-16-21(18,19)14-7-2-5-13(11-14)6-3-10-17/h2,5,7,11,16-17H,4,8-10,12H2,1H3. The topological polar surface area (TPSA) is 75.6 Å². The van der Waals surface area contributed by atoms with E-state index in [1.165, 1.54) is 12.1 Å². The third kappa shape index (κ3) is 3.83. The lowest BCUT2D eigenvalue weighted by Crippen LogP contribution is -2.49. The highest BCUT2D eigenvalue weighted by Crippen LogP contribution is 2.34. The molecule has 2 rings (SSSR count). The molecular weight excluding hydrogens is 290 g/mol. The van der Waals surface area contributed by atoms with Gasteiger partial charge in [-0.05, 0) is 37.5 Å². The Morgan fingerprint density at radius 1 is 1.43 bits per heavy atom. The summed E-state index contributed by atoms with van der Waals surface area (Å²) in [5, 5.41) is 8.67. The van der Waals surface area contributed by atoms with Gasteiger partial charge in [-0.1, -0.05) is 17.9 Å². The molecule has 0 spiro atoms. The van der Waals surface area contributed by atoms with Gasteiger partial charge in [-0.2, -0.15) is 0 Å². The van der Waals surface area contributed by atoms with E-state index in [9.17, 15) is 8.42 Å². The van der Waals surface area contributed by atoms with Crippen LogP contribution in [0.5, 0.6) is 0 Å². The molecule has 0 saturated heterocycles. The first-order valence-electron chi connectivity index (χ1n) is 6.76. The average molecular weight is 309 g/mol. The highest BCUT2D eigenvalue weighted by Gasteiger charge is 2.38. The summed E-state index contributed by atoms with van der Waals surface area (Å²) >= 11 is 0. The smallest absolute Gasteiger partial charge is 0.240 e. The number of rotatable bonds is 5. The van der Waals surface area contributed by atoms with E-state index in [1.54, 1.807) is 19.2 Å². The van der Waals surface area contributed by atoms with E-state index < -0.39 is 10.0 Å². The predicted octanol–water partition coefficient (Wildman–Crippen LogP) is 0.878. The summed E-state index contributed by atoms with van der Waals surface area (Å²) in [6.07, 6.45) is 2.80. The Labute approximate surface area is 125 Å². The minimum atomic E-state index is -3.59. The largest absolute Gasteiger partial charge is 0.384 e. The molecule has 1 aromatic carbocycles. The number of benzene rings is 1. The van der Waals surface area contributed by atoms with Gasteiger partial charge in [0, 0.05) is 19.2 Å². The Bertz CT molecular complexity index is 648. The van der Waals surface area contributed by atoms with Crippen LogP contribution in [0.3, 0.4) is 0 Å². The molecular formula is C15H19NO4S. The summed E-state index contributed by atoms with van der Waals surface area (Å²) < 4.78 is 32.6. The second-order valence-corrected chi connectivity index (χ2v) is 6.82. The van der Waals surface area contributed by atoms with Crippen LogP contribution in [-0.2, 0) is 14.8 Å². The number of aliphatic hydroxyl groups is 1. The van der Waals surface area contributed by atoms with Crippen molar-refractivity contribution in [2.24, 2.45) is 0 Å². The van der Waals surface area contributed by atoms with Crippen LogP contribution in [0.15, 0.2) is 29.2 Å². The predicted molar refractivity (Wildman–Crippen MR) is 79.2 cm³/mol. The fraction of sp³-hybridized carbons (Fsp3) is 0.467. The van der Waals surface area contributed by atoms with Gasteiger partial charge in [-0.15, -0.1) is 0 Å². The third-order valence-corrected chi connectivity index (χ3v) is 5.14. The van der Waals surface area contributed by atoms with E-state index in [-0.39, 0.29) is 23.6 Å². The van der Waals surface area contributed by atoms with Crippen molar-refractivity contribution in [3.05, 3.63) is 29.8 Å². The number of ether oxygens (including phenoxy) is 1. The highest BCUT2D eigenvalue weighted by molar-refractivity contribution is 7.89. The second kappa shape index (κ2) is 6.58. The molecule has 0 aliphatic heterocycles. The maximum Gasteiger partial charge on any atom is 0.240 e. The number of methoxy groups -OCH3 is 1. The number of sulfonamides is 1. The van der Waals surface area contributed by atoms with Crippen LogP contribution in [0.1, 0.15) is 24.8 Å².